The maximum Gasteiger partial charge on any atom is 0.339 e. The van der Waals surface area contributed by atoms with Crippen molar-refractivity contribution in [3.8, 4) is 0 Å². The molecule has 0 bridgehead atoms. The number of esters is 1. The van der Waals surface area contributed by atoms with Crippen molar-refractivity contribution in [2.24, 2.45) is 0 Å². The number of para-hydroxylation sites is 1. The first-order valence-electron chi connectivity index (χ1n) is 12.0. The van der Waals surface area contributed by atoms with Crippen molar-refractivity contribution in [3.63, 3.8) is 0 Å². The second-order valence-electron chi connectivity index (χ2n) is 8.70. The van der Waals surface area contributed by atoms with Crippen molar-refractivity contribution >= 4 is 40.5 Å². The van der Waals surface area contributed by atoms with Crippen LogP contribution in [0, 0.1) is 0 Å². The van der Waals surface area contributed by atoms with Crippen LogP contribution in [0.25, 0.3) is 22.6 Å². The van der Waals surface area contributed by atoms with E-state index in [-0.39, 0.29) is 6.54 Å². The van der Waals surface area contributed by atoms with E-state index >= 15 is 0 Å². The van der Waals surface area contributed by atoms with Crippen LogP contribution in [-0.4, -0.2) is 29.5 Å². The van der Waals surface area contributed by atoms with Gasteiger partial charge in [-0.15, -0.1) is 0 Å². The molecular formula is C30H25N3O4. The molecule has 7 heteroatoms. The lowest BCUT2D eigenvalue weighted by molar-refractivity contribution is -0.123. The number of nitrogens with one attached hydrogen (secondary N) is 2. The molecule has 2 N–H and O–H groups in total. The number of allylic oxidation sites excluding steroid dienone is 1. The Morgan fingerprint density at radius 3 is 2.35 bits per heavy atom. The zero-order chi connectivity index (χ0) is 25.6. The number of benzene rings is 3. The van der Waals surface area contributed by atoms with E-state index in [9.17, 15) is 14.4 Å². The highest BCUT2D eigenvalue weighted by Crippen LogP contribution is 2.37. The normalized spacial score (nSPS) is 13.2. The summed E-state index contributed by atoms with van der Waals surface area (Å²) in [6.45, 7) is -0.302. The molecule has 0 saturated heterocycles. The summed E-state index contributed by atoms with van der Waals surface area (Å²) < 4.78 is 5.36. The summed E-state index contributed by atoms with van der Waals surface area (Å²) in [7, 11) is 0. The highest BCUT2D eigenvalue weighted by atomic mass is 16.5. The Labute approximate surface area is 214 Å². The van der Waals surface area contributed by atoms with Gasteiger partial charge in [0.2, 0.25) is 0 Å². The molecule has 0 saturated carbocycles. The second kappa shape index (κ2) is 10.9. The number of fused-ring (bicyclic) bond motifs is 2. The summed E-state index contributed by atoms with van der Waals surface area (Å²) in [5.74, 6) is -1.32. The van der Waals surface area contributed by atoms with Crippen molar-refractivity contribution in [1.29, 1.82) is 0 Å². The van der Waals surface area contributed by atoms with Crippen LogP contribution < -0.4 is 10.6 Å². The summed E-state index contributed by atoms with van der Waals surface area (Å²) in [5.41, 5.74) is 5.69. The molecule has 3 amide bonds. The Morgan fingerprint density at radius 1 is 0.865 bits per heavy atom. The Morgan fingerprint density at radius 2 is 1.57 bits per heavy atom. The lowest BCUT2D eigenvalue weighted by Gasteiger charge is -2.12. The van der Waals surface area contributed by atoms with Crippen molar-refractivity contribution in [3.05, 3.63) is 113 Å². The minimum absolute atomic E-state index is 0.272. The summed E-state index contributed by atoms with van der Waals surface area (Å²) >= 11 is 0. The lowest BCUT2D eigenvalue weighted by Crippen LogP contribution is -2.41. The minimum atomic E-state index is -0.710. The summed E-state index contributed by atoms with van der Waals surface area (Å²) in [4.78, 5) is 42.4. The van der Waals surface area contributed by atoms with Crippen LogP contribution in [0.4, 0.5) is 4.79 Å². The fourth-order valence-corrected chi connectivity index (χ4v) is 4.45. The highest BCUT2D eigenvalue weighted by Gasteiger charge is 2.28. The van der Waals surface area contributed by atoms with E-state index in [4.69, 9.17) is 9.72 Å². The first-order valence-corrected chi connectivity index (χ1v) is 12.0. The van der Waals surface area contributed by atoms with E-state index in [1.54, 1.807) is 0 Å². The maximum absolute atomic E-state index is 13.2. The van der Waals surface area contributed by atoms with Crippen LogP contribution in [0.15, 0.2) is 84.9 Å². The number of nitrogens with zero attached hydrogens (tertiary/aromatic N) is 1. The Kier molecular flexibility index (Phi) is 7.03. The number of rotatable bonds is 6. The van der Waals surface area contributed by atoms with Gasteiger partial charge in [0.15, 0.2) is 6.61 Å². The van der Waals surface area contributed by atoms with Crippen molar-refractivity contribution in [1.82, 2.24) is 15.6 Å². The summed E-state index contributed by atoms with van der Waals surface area (Å²) in [6, 6.07) is 26.0. The smallest absolute Gasteiger partial charge is 0.339 e. The fourth-order valence-electron chi connectivity index (χ4n) is 4.45. The molecule has 0 spiro atoms. The number of urea groups is 1. The van der Waals surface area contributed by atoms with Crippen LogP contribution in [0.3, 0.4) is 0 Å². The molecule has 5 rings (SSSR count). The number of carbonyl (C=O) groups excluding carboxylic acids is 3. The average Bonchev–Trinajstić information content (AvgIpc) is 3.32. The number of hydrogen-bond acceptors (Lipinski definition) is 5. The number of pyridine rings is 1. The molecule has 0 fully saturated rings. The first kappa shape index (κ1) is 23.9. The second-order valence-corrected chi connectivity index (χ2v) is 8.70. The number of hydrogen-bond donors (Lipinski definition) is 2. The standard InChI is InChI=1S/C30H25N3O4/c34-26(33-30(36)31-18-21-11-5-2-6-12-21)19-37-29(35)27-23-13-7-8-14-25(23)32-28-22(15-16-24(27)28)17-20-9-3-1-4-10-20/h1-14,17H,15-16,18-19H2,(H2,31,33,34,36). The average molecular weight is 492 g/mol. The molecule has 7 nitrogen and oxygen atoms in total. The van der Waals surface area contributed by atoms with Crippen LogP contribution in [0.5, 0.6) is 0 Å². The molecule has 37 heavy (non-hydrogen) atoms. The predicted octanol–water partition coefficient (Wildman–Crippen LogP) is 4.90. The molecule has 1 aliphatic carbocycles. The lowest BCUT2D eigenvalue weighted by atomic mass is 10.0. The van der Waals surface area contributed by atoms with Gasteiger partial charge in [-0.25, -0.2) is 14.6 Å². The van der Waals surface area contributed by atoms with Gasteiger partial charge < -0.3 is 10.1 Å². The quantitative estimate of drug-likeness (QED) is 0.374. The van der Waals surface area contributed by atoms with E-state index in [0.717, 1.165) is 34.4 Å². The third kappa shape index (κ3) is 5.56. The van der Waals surface area contributed by atoms with Crippen LogP contribution in [0.1, 0.15) is 39.2 Å². The van der Waals surface area contributed by atoms with E-state index in [1.807, 2.05) is 84.9 Å². The van der Waals surface area contributed by atoms with E-state index < -0.39 is 24.5 Å². The monoisotopic (exact) mass is 491 g/mol. The Bertz CT molecular complexity index is 1500. The zero-order valence-electron chi connectivity index (χ0n) is 20.1. The number of carbonyl (C=O) groups is 3. The minimum Gasteiger partial charge on any atom is -0.452 e. The van der Waals surface area contributed by atoms with Crippen LogP contribution >= 0.6 is 0 Å². The zero-order valence-corrected chi connectivity index (χ0v) is 20.1. The van der Waals surface area contributed by atoms with Gasteiger partial charge in [0.25, 0.3) is 5.91 Å². The molecule has 0 radical (unpaired) electrons. The molecule has 0 aliphatic heterocycles. The predicted molar refractivity (Wildman–Crippen MR) is 141 cm³/mol. The first-order chi connectivity index (χ1) is 18.1. The van der Waals surface area contributed by atoms with Gasteiger partial charge >= 0.3 is 12.0 Å². The van der Waals surface area contributed by atoms with Gasteiger partial charge in [0.05, 0.1) is 16.8 Å². The number of imide groups is 1. The van der Waals surface area contributed by atoms with E-state index in [1.165, 1.54) is 0 Å². The summed E-state index contributed by atoms with van der Waals surface area (Å²) in [6.07, 6.45) is 3.48. The number of aromatic nitrogens is 1. The number of amides is 3. The van der Waals surface area contributed by atoms with Crippen molar-refractivity contribution in [2.75, 3.05) is 6.61 Å². The van der Waals surface area contributed by atoms with Gasteiger partial charge in [-0.3, -0.25) is 10.1 Å². The topological polar surface area (TPSA) is 97.4 Å². The van der Waals surface area contributed by atoms with E-state index in [2.05, 4.69) is 16.7 Å². The molecule has 1 heterocycles. The fraction of sp³-hybridized carbons (Fsp3) is 0.133. The Balaban J connectivity index is 1.30. The van der Waals surface area contributed by atoms with Gasteiger partial charge in [0.1, 0.15) is 0 Å². The van der Waals surface area contributed by atoms with Crippen LogP contribution in [-0.2, 0) is 22.5 Å². The largest absolute Gasteiger partial charge is 0.452 e. The highest BCUT2D eigenvalue weighted by molar-refractivity contribution is 6.08. The molecule has 1 aliphatic rings. The molecule has 3 aromatic carbocycles. The molecule has 4 aromatic rings. The molecule has 1 aromatic heterocycles. The van der Waals surface area contributed by atoms with Gasteiger partial charge in [0, 0.05) is 11.9 Å². The van der Waals surface area contributed by atoms with Crippen molar-refractivity contribution < 1.29 is 19.1 Å². The molecule has 0 atom stereocenters. The summed E-state index contributed by atoms with van der Waals surface area (Å²) in [5, 5.41) is 5.47. The third-order valence-corrected chi connectivity index (χ3v) is 6.17. The van der Waals surface area contributed by atoms with Crippen molar-refractivity contribution in [2.45, 2.75) is 19.4 Å². The SMILES string of the molecule is O=C(COC(=O)c1c2c(nc3ccccc13)C(=Cc1ccccc1)CC2)NC(=O)NCc1ccccc1. The maximum atomic E-state index is 13.2. The number of ether oxygens (including phenoxy) is 1. The van der Waals surface area contributed by atoms with Gasteiger partial charge in [-0.1, -0.05) is 78.9 Å². The molecule has 184 valence electrons. The Hall–Kier alpha value is -4.78. The molecule has 0 unspecified atom stereocenters. The van der Waals surface area contributed by atoms with E-state index in [0.29, 0.717) is 22.9 Å². The van der Waals surface area contributed by atoms with Crippen LogP contribution in [0.2, 0.25) is 0 Å². The third-order valence-electron chi connectivity index (χ3n) is 6.17. The van der Waals surface area contributed by atoms with Gasteiger partial charge in [-0.05, 0) is 47.2 Å². The molecular weight excluding hydrogens is 466 g/mol. The van der Waals surface area contributed by atoms with Gasteiger partial charge in [-0.2, -0.15) is 0 Å².